The van der Waals surface area contributed by atoms with Gasteiger partial charge in [0.25, 0.3) is 6.01 Å². The van der Waals surface area contributed by atoms with Crippen molar-refractivity contribution < 1.29 is 9.15 Å². The van der Waals surface area contributed by atoms with Crippen LogP contribution >= 0.6 is 0 Å². The number of hydrogen-bond donors (Lipinski definition) is 1. The highest BCUT2D eigenvalue weighted by atomic mass is 16.5. The standard InChI is InChI=1S/C19H21N3O2/c1-23-18-12-14(9-10-20-18)13-7-8-17-16(11-13)22-19(24-17)21-15-5-3-2-4-6-15/h7-12,15H,2-6H2,1H3,(H,21,22). The fraction of sp³-hybridized carbons (Fsp3) is 0.368. The summed E-state index contributed by atoms with van der Waals surface area (Å²) >= 11 is 0. The number of aromatic nitrogens is 2. The van der Waals surface area contributed by atoms with Crippen LogP contribution in [0, 0.1) is 0 Å². The van der Waals surface area contributed by atoms with Crippen molar-refractivity contribution in [1.29, 1.82) is 0 Å². The highest BCUT2D eigenvalue weighted by molar-refractivity contribution is 5.81. The number of nitrogens with one attached hydrogen (secondary N) is 1. The first kappa shape index (κ1) is 15.0. The number of oxazole rings is 1. The van der Waals surface area contributed by atoms with E-state index in [4.69, 9.17) is 9.15 Å². The quantitative estimate of drug-likeness (QED) is 0.757. The summed E-state index contributed by atoms with van der Waals surface area (Å²) < 4.78 is 11.0. The molecule has 1 N–H and O–H groups in total. The van der Waals surface area contributed by atoms with Crippen LogP contribution in [0.25, 0.3) is 22.2 Å². The largest absolute Gasteiger partial charge is 0.481 e. The van der Waals surface area contributed by atoms with Crippen LogP contribution in [0.3, 0.4) is 0 Å². The van der Waals surface area contributed by atoms with E-state index in [2.05, 4.69) is 15.3 Å². The van der Waals surface area contributed by atoms with E-state index in [-0.39, 0.29) is 0 Å². The van der Waals surface area contributed by atoms with E-state index in [1.807, 2.05) is 30.3 Å². The topological polar surface area (TPSA) is 60.2 Å². The Morgan fingerprint density at radius 3 is 2.75 bits per heavy atom. The summed E-state index contributed by atoms with van der Waals surface area (Å²) in [4.78, 5) is 8.76. The van der Waals surface area contributed by atoms with Gasteiger partial charge in [0.05, 0.1) is 7.11 Å². The molecular formula is C19H21N3O2. The molecular weight excluding hydrogens is 302 g/mol. The minimum absolute atomic E-state index is 0.482. The molecule has 1 aromatic carbocycles. The molecule has 124 valence electrons. The molecule has 1 saturated carbocycles. The molecule has 0 radical (unpaired) electrons. The molecule has 0 aliphatic heterocycles. The summed E-state index contributed by atoms with van der Waals surface area (Å²) in [5.41, 5.74) is 3.79. The van der Waals surface area contributed by atoms with Gasteiger partial charge in [-0.3, -0.25) is 0 Å². The summed E-state index contributed by atoms with van der Waals surface area (Å²) in [6.07, 6.45) is 8.04. The zero-order chi connectivity index (χ0) is 16.4. The van der Waals surface area contributed by atoms with Crippen molar-refractivity contribution in [2.45, 2.75) is 38.1 Å². The summed E-state index contributed by atoms with van der Waals surface area (Å²) in [5.74, 6) is 0.604. The molecule has 0 amide bonds. The molecule has 24 heavy (non-hydrogen) atoms. The van der Waals surface area contributed by atoms with Crippen molar-refractivity contribution >= 4 is 17.1 Å². The number of hydrogen-bond acceptors (Lipinski definition) is 5. The Bertz CT molecular complexity index is 837. The average molecular weight is 323 g/mol. The number of fused-ring (bicyclic) bond motifs is 1. The molecule has 0 saturated heterocycles. The van der Waals surface area contributed by atoms with E-state index < -0.39 is 0 Å². The summed E-state index contributed by atoms with van der Waals surface area (Å²) in [6, 6.07) is 11.0. The van der Waals surface area contributed by atoms with Gasteiger partial charge in [-0.15, -0.1) is 0 Å². The number of ether oxygens (including phenoxy) is 1. The van der Waals surface area contributed by atoms with Gasteiger partial charge in [0.15, 0.2) is 5.58 Å². The van der Waals surface area contributed by atoms with E-state index >= 15 is 0 Å². The van der Waals surface area contributed by atoms with E-state index in [9.17, 15) is 0 Å². The normalized spacial score (nSPS) is 15.5. The molecule has 0 unspecified atom stereocenters. The Labute approximate surface area is 141 Å². The number of methoxy groups -OCH3 is 1. The first-order valence-electron chi connectivity index (χ1n) is 8.49. The fourth-order valence-electron chi connectivity index (χ4n) is 3.29. The molecule has 1 aliphatic rings. The van der Waals surface area contributed by atoms with Gasteiger partial charge in [0.1, 0.15) is 5.52 Å². The Morgan fingerprint density at radius 2 is 1.92 bits per heavy atom. The third kappa shape index (κ3) is 3.07. The van der Waals surface area contributed by atoms with Crippen LogP contribution in [0.15, 0.2) is 40.9 Å². The highest BCUT2D eigenvalue weighted by Gasteiger charge is 2.16. The van der Waals surface area contributed by atoms with Crippen molar-refractivity contribution in [3.8, 4) is 17.0 Å². The second kappa shape index (κ2) is 6.51. The summed E-state index contributed by atoms with van der Waals surface area (Å²) in [6.45, 7) is 0. The molecule has 3 aromatic rings. The smallest absolute Gasteiger partial charge is 0.295 e. The predicted molar refractivity (Wildman–Crippen MR) is 94.3 cm³/mol. The van der Waals surface area contributed by atoms with Crippen LogP contribution in [0.4, 0.5) is 6.01 Å². The number of nitrogens with zero attached hydrogens (tertiary/aromatic N) is 2. The van der Waals surface area contributed by atoms with Gasteiger partial charge in [-0.1, -0.05) is 25.3 Å². The van der Waals surface area contributed by atoms with E-state index in [0.29, 0.717) is 17.9 Å². The lowest BCUT2D eigenvalue weighted by molar-refractivity contribution is 0.398. The molecule has 5 nitrogen and oxygen atoms in total. The van der Waals surface area contributed by atoms with E-state index in [0.717, 1.165) is 22.2 Å². The van der Waals surface area contributed by atoms with Gasteiger partial charge < -0.3 is 14.5 Å². The molecule has 0 spiro atoms. The van der Waals surface area contributed by atoms with Crippen molar-refractivity contribution in [2.75, 3.05) is 12.4 Å². The maximum atomic E-state index is 5.85. The monoisotopic (exact) mass is 323 g/mol. The zero-order valence-corrected chi connectivity index (χ0v) is 13.8. The van der Waals surface area contributed by atoms with Crippen molar-refractivity contribution in [3.05, 3.63) is 36.5 Å². The molecule has 5 heteroatoms. The Morgan fingerprint density at radius 1 is 1.08 bits per heavy atom. The van der Waals surface area contributed by atoms with Gasteiger partial charge in [0.2, 0.25) is 5.88 Å². The number of anilines is 1. The maximum absolute atomic E-state index is 5.85. The Kier molecular flexibility index (Phi) is 4.07. The van der Waals surface area contributed by atoms with Gasteiger partial charge in [-0.2, -0.15) is 4.98 Å². The molecule has 2 aromatic heterocycles. The third-order valence-corrected chi connectivity index (χ3v) is 4.60. The van der Waals surface area contributed by atoms with Crippen LogP contribution in [0.1, 0.15) is 32.1 Å². The fourth-order valence-corrected chi connectivity index (χ4v) is 3.29. The van der Waals surface area contributed by atoms with Crippen LogP contribution in [0.2, 0.25) is 0 Å². The second-order valence-corrected chi connectivity index (χ2v) is 6.27. The molecule has 0 atom stereocenters. The van der Waals surface area contributed by atoms with Crippen molar-refractivity contribution in [3.63, 3.8) is 0 Å². The Balaban J connectivity index is 1.60. The molecule has 0 bridgehead atoms. The predicted octanol–water partition coefficient (Wildman–Crippen LogP) is 4.64. The zero-order valence-electron chi connectivity index (χ0n) is 13.8. The second-order valence-electron chi connectivity index (χ2n) is 6.27. The van der Waals surface area contributed by atoms with E-state index in [1.54, 1.807) is 13.3 Å². The number of pyridine rings is 1. The lowest BCUT2D eigenvalue weighted by Crippen LogP contribution is -2.22. The van der Waals surface area contributed by atoms with Crippen molar-refractivity contribution in [2.24, 2.45) is 0 Å². The number of rotatable bonds is 4. The first-order chi connectivity index (χ1) is 11.8. The highest BCUT2D eigenvalue weighted by Crippen LogP contribution is 2.28. The maximum Gasteiger partial charge on any atom is 0.295 e. The van der Waals surface area contributed by atoms with Gasteiger partial charge in [0, 0.05) is 18.3 Å². The van der Waals surface area contributed by atoms with Crippen LogP contribution < -0.4 is 10.1 Å². The average Bonchev–Trinajstić information content (AvgIpc) is 3.04. The number of benzene rings is 1. The van der Waals surface area contributed by atoms with Gasteiger partial charge in [-0.05, 0) is 42.2 Å². The van der Waals surface area contributed by atoms with Gasteiger partial charge in [-0.25, -0.2) is 4.98 Å². The van der Waals surface area contributed by atoms with Crippen LogP contribution in [0.5, 0.6) is 5.88 Å². The molecule has 2 heterocycles. The molecule has 1 aliphatic carbocycles. The molecule has 1 fully saturated rings. The lowest BCUT2D eigenvalue weighted by atomic mass is 9.96. The summed E-state index contributed by atoms with van der Waals surface area (Å²) in [5, 5.41) is 3.44. The van der Waals surface area contributed by atoms with E-state index in [1.165, 1.54) is 32.1 Å². The minimum atomic E-state index is 0.482. The summed E-state index contributed by atoms with van der Waals surface area (Å²) in [7, 11) is 1.62. The minimum Gasteiger partial charge on any atom is -0.481 e. The molecule has 4 rings (SSSR count). The first-order valence-corrected chi connectivity index (χ1v) is 8.49. The van der Waals surface area contributed by atoms with Gasteiger partial charge >= 0.3 is 0 Å². The van der Waals surface area contributed by atoms with Crippen LogP contribution in [-0.2, 0) is 0 Å². The SMILES string of the molecule is COc1cc(-c2ccc3oc(NC4CCCCC4)nc3c2)ccn1. The third-order valence-electron chi connectivity index (χ3n) is 4.60. The van der Waals surface area contributed by atoms with Crippen molar-refractivity contribution in [1.82, 2.24) is 9.97 Å². The lowest BCUT2D eigenvalue weighted by Gasteiger charge is -2.21. The van der Waals surface area contributed by atoms with Crippen LogP contribution in [-0.4, -0.2) is 23.1 Å². The Hall–Kier alpha value is -2.56.